The van der Waals surface area contributed by atoms with Crippen LogP contribution in [0, 0.1) is 5.92 Å². The summed E-state index contributed by atoms with van der Waals surface area (Å²) in [6, 6.07) is -0.311. The largest absolute Gasteiger partial charge is 0.381 e. The third kappa shape index (κ3) is 3.22. The van der Waals surface area contributed by atoms with Crippen LogP contribution in [0.2, 0.25) is 0 Å². The maximum absolute atomic E-state index is 10.9. The van der Waals surface area contributed by atoms with E-state index in [0.29, 0.717) is 12.5 Å². The lowest BCUT2D eigenvalue weighted by atomic mass is 10.00. The minimum Gasteiger partial charge on any atom is -0.381 e. The summed E-state index contributed by atoms with van der Waals surface area (Å²) in [6.07, 6.45) is 2.09. The van der Waals surface area contributed by atoms with Crippen LogP contribution in [0.15, 0.2) is 0 Å². The number of hydrogen-bond acceptors (Lipinski definition) is 2. The van der Waals surface area contributed by atoms with E-state index in [0.717, 1.165) is 32.6 Å². The van der Waals surface area contributed by atoms with Gasteiger partial charge in [-0.25, -0.2) is 4.79 Å². The highest BCUT2D eigenvalue weighted by atomic mass is 16.5. The Balaban J connectivity index is 2.31. The van der Waals surface area contributed by atoms with E-state index in [1.165, 1.54) is 0 Å². The van der Waals surface area contributed by atoms with Crippen molar-refractivity contribution in [2.24, 2.45) is 11.7 Å². The molecule has 13 heavy (non-hydrogen) atoms. The van der Waals surface area contributed by atoms with Gasteiger partial charge in [0.05, 0.1) is 0 Å². The zero-order chi connectivity index (χ0) is 9.68. The van der Waals surface area contributed by atoms with Crippen molar-refractivity contribution in [3.63, 3.8) is 0 Å². The Bertz CT molecular complexity index is 167. The summed E-state index contributed by atoms with van der Waals surface area (Å²) in [5.41, 5.74) is 5.22. The van der Waals surface area contributed by atoms with Gasteiger partial charge in [0.1, 0.15) is 0 Å². The lowest BCUT2D eigenvalue weighted by molar-refractivity contribution is 0.0573. The van der Waals surface area contributed by atoms with E-state index in [1.807, 2.05) is 6.92 Å². The molecule has 1 aliphatic heterocycles. The van der Waals surface area contributed by atoms with Crippen LogP contribution in [0.4, 0.5) is 4.79 Å². The predicted molar refractivity (Wildman–Crippen MR) is 50.4 cm³/mol. The first-order chi connectivity index (χ1) is 6.24. The van der Waals surface area contributed by atoms with Crippen molar-refractivity contribution in [1.29, 1.82) is 0 Å². The highest BCUT2D eigenvalue weighted by molar-refractivity contribution is 5.71. The summed E-state index contributed by atoms with van der Waals surface area (Å²) in [6.45, 7) is 5.08. The highest BCUT2D eigenvalue weighted by Gasteiger charge is 2.18. The van der Waals surface area contributed by atoms with Crippen LogP contribution in [0.3, 0.4) is 0 Å². The van der Waals surface area contributed by atoms with Crippen molar-refractivity contribution in [3.05, 3.63) is 0 Å². The van der Waals surface area contributed by atoms with Gasteiger partial charge in [0, 0.05) is 26.3 Å². The van der Waals surface area contributed by atoms with Crippen LogP contribution in [-0.2, 0) is 4.74 Å². The molecule has 0 aromatic carbocycles. The molecule has 0 atom stereocenters. The summed E-state index contributed by atoms with van der Waals surface area (Å²) in [5.74, 6) is 0.571. The Hall–Kier alpha value is -0.770. The molecule has 1 aliphatic rings. The summed E-state index contributed by atoms with van der Waals surface area (Å²) in [7, 11) is 0. The summed E-state index contributed by atoms with van der Waals surface area (Å²) >= 11 is 0. The van der Waals surface area contributed by atoms with Crippen molar-refractivity contribution in [1.82, 2.24) is 4.90 Å². The Kier molecular flexibility index (Phi) is 4.02. The van der Waals surface area contributed by atoms with E-state index in [4.69, 9.17) is 10.5 Å². The van der Waals surface area contributed by atoms with Gasteiger partial charge in [0.15, 0.2) is 0 Å². The smallest absolute Gasteiger partial charge is 0.314 e. The molecule has 1 fully saturated rings. The van der Waals surface area contributed by atoms with Gasteiger partial charge in [-0.2, -0.15) is 0 Å². The van der Waals surface area contributed by atoms with Crippen LogP contribution >= 0.6 is 0 Å². The average Bonchev–Trinajstić information content (AvgIpc) is 2.15. The van der Waals surface area contributed by atoms with Gasteiger partial charge in [-0.15, -0.1) is 0 Å². The number of amides is 2. The second-order valence-corrected chi connectivity index (χ2v) is 3.43. The zero-order valence-electron chi connectivity index (χ0n) is 8.16. The molecule has 0 saturated carbocycles. The van der Waals surface area contributed by atoms with Gasteiger partial charge in [-0.05, 0) is 25.7 Å². The molecule has 4 nitrogen and oxygen atoms in total. The van der Waals surface area contributed by atoms with Crippen molar-refractivity contribution in [3.8, 4) is 0 Å². The molecule has 0 aromatic rings. The van der Waals surface area contributed by atoms with Gasteiger partial charge < -0.3 is 15.4 Å². The van der Waals surface area contributed by atoms with Gasteiger partial charge >= 0.3 is 6.03 Å². The van der Waals surface area contributed by atoms with Crippen molar-refractivity contribution < 1.29 is 9.53 Å². The molecule has 1 saturated heterocycles. The van der Waals surface area contributed by atoms with Crippen LogP contribution in [-0.4, -0.2) is 37.2 Å². The molecule has 0 radical (unpaired) electrons. The molecule has 0 unspecified atom stereocenters. The van der Waals surface area contributed by atoms with Crippen molar-refractivity contribution >= 4 is 6.03 Å². The van der Waals surface area contributed by atoms with Gasteiger partial charge in [0.2, 0.25) is 0 Å². The Labute approximate surface area is 79.0 Å². The number of primary amides is 1. The zero-order valence-corrected chi connectivity index (χ0v) is 8.16. The Morgan fingerprint density at radius 2 is 2.15 bits per heavy atom. The molecule has 0 spiro atoms. The molecule has 0 aliphatic carbocycles. The maximum Gasteiger partial charge on any atom is 0.314 e. The number of ether oxygens (including phenoxy) is 1. The molecular weight excluding hydrogens is 168 g/mol. The minimum atomic E-state index is -0.311. The number of rotatable bonds is 3. The fourth-order valence-corrected chi connectivity index (χ4v) is 1.62. The summed E-state index contributed by atoms with van der Waals surface area (Å²) in [5, 5.41) is 0. The average molecular weight is 186 g/mol. The first-order valence-corrected chi connectivity index (χ1v) is 4.86. The summed E-state index contributed by atoms with van der Waals surface area (Å²) < 4.78 is 5.24. The van der Waals surface area contributed by atoms with E-state index in [2.05, 4.69) is 0 Å². The van der Waals surface area contributed by atoms with Crippen LogP contribution < -0.4 is 5.73 Å². The van der Waals surface area contributed by atoms with Crippen LogP contribution in [0.5, 0.6) is 0 Å². The monoisotopic (exact) mass is 186 g/mol. The number of urea groups is 1. The van der Waals surface area contributed by atoms with Crippen LogP contribution in [0.1, 0.15) is 19.8 Å². The normalized spacial score (nSPS) is 18.5. The predicted octanol–water partition coefficient (Wildman–Crippen LogP) is 0.814. The van der Waals surface area contributed by atoms with E-state index in [9.17, 15) is 4.79 Å². The number of nitrogens with zero attached hydrogens (tertiary/aromatic N) is 1. The van der Waals surface area contributed by atoms with Gasteiger partial charge in [-0.1, -0.05) is 0 Å². The Morgan fingerprint density at radius 3 is 2.62 bits per heavy atom. The third-order valence-electron chi connectivity index (χ3n) is 2.51. The Morgan fingerprint density at radius 1 is 1.54 bits per heavy atom. The summed E-state index contributed by atoms with van der Waals surface area (Å²) in [4.78, 5) is 12.6. The molecule has 0 aromatic heterocycles. The van der Waals surface area contributed by atoms with E-state index in [-0.39, 0.29) is 6.03 Å². The molecule has 1 rings (SSSR count). The second-order valence-electron chi connectivity index (χ2n) is 3.43. The first-order valence-electron chi connectivity index (χ1n) is 4.86. The lowest BCUT2D eigenvalue weighted by Gasteiger charge is -2.27. The van der Waals surface area contributed by atoms with Crippen molar-refractivity contribution in [2.75, 3.05) is 26.3 Å². The number of nitrogens with two attached hydrogens (primary N) is 1. The highest BCUT2D eigenvalue weighted by Crippen LogP contribution is 2.15. The van der Waals surface area contributed by atoms with Gasteiger partial charge in [0.25, 0.3) is 0 Å². The maximum atomic E-state index is 10.9. The van der Waals surface area contributed by atoms with E-state index < -0.39 is 0 Å². The van der Waals surface area contributed by atoms with E-state index in [1.54, 1.807) is 4.90 Å². The topological polar surface area (TPSA) is 55.6 Å². The standard InChI is InChI=1S/C9H18N2O2/c1-2-11(9(10)12)7-8-3-5-13-6-4-8/h8H,2-7H2,1H3,(H2,10,12). The van der Waals surface area contributed by atoms with E-state index >= 15 is 0 Å². The first kappa shape index (κ1) is 10.3. The quantitative estimate of drug-likeness (QED) is 0.709. The number of hydrogen-bond donors (Lipinski definition) is 1. The molecule has 2 amide bonds. The second kappa shape index (κ2) is 5.07. The fraction of sp³-hybridized carbons (Fsp3) is 0.889. The molecule has 76 valence electrons. The fourth-order valence-electron chi connectivity index (χ4n) is 1.62. The van der Waals surface area contributed by atoms with Crippen LogP contribution in [0.25, 0.3) is 0 Å². The van der Waals surface area contributed by atoms with Gasteiger partial charge in [-0.3, -0.25) is 0 Å². The minimum absolute atomic E-state index is 0.311. The molecule has 2 N–H and O–H groups in total. The molecule has 0 bridgehead atoms. The SMILES string of the molecule is CCN(CC1CCOCC1)C(N)=O. The lowest BCUT2D eigenvalue weighted by Crippen LogP contribution is -2.40. The molecular formula is C9H18N2O2. The number of carbonyl (C=O) groups is 1. The third-order valence-corrected chi connectivity index (χ3v) is 2.51. The van der Waals surface area contributed by atoms with Crippen molar-refractivity contribution in [2.45, 2.75) is 19.8 Å². The molecule has 4 heteroatoms. The molecule has 1 heterocycles. The number of carbonyl (C=O) groups excluding carboxylic acids is 1.